The molecule has 3 fully saturated rings. The smallest absolute Gasteiger partial charge is 0.0554 e. The molecule has 74 valence electrons. The Morgan fingerprint density at radius 2 is 2.31 bits per heavy atom. The van der Waals surface area contributed by atoms with Crippen molar-refractivity contribution in [1.82, 2.24) is 4.90 Å². The number of hydrogen-bond acceptors (Lipinski definition) is 2. The third-order valence-electron chi connectivity index (χ3n) is 3.86. The number of hydrogen-bond donors (Lipinski definition) is 0. The van der Waals surface area contributed by atoms with Crippen LogP contribution in [-0.4, -0.2) is 37.2 Å². The van der Waals surface area contributed by atoms with E-state index < -0.39 is 0 Å². The normalized spacial score (nSPS) is 42.2. The van der Waals surface area contributed by atoms with E-state index in [0.717, 1.165) is 25.2 Å². The first-order valence-corrected chi connectivity index (χ1v) is 5.59. The fraction of sp³-hybridized carbons (Fsp3) is 1.00. The molecular weight excluding hydrogens is 162 g/mol. The van der Waals surface area contributed by atoms with Gasteiger partial charge in [-0.3, -0.25) is 4.90 Å². The summed E-state index contributed by atoms with van der Waals surface area (Å²) in [5.41, 5.74) is 0.491. The highest BCUT2D eigenvalue weighted by Gasteiger charge is 2.46. The van der Waals surface area contributed by atoms with Crippen LogP contribution in [0.1, 0.15) is 26.2 Å². The summed E-state index contributed by atoms with van der Waals surface area (Å²) in [4.78, 5) is 2.72. The van der Waals surface area contributed by atoms with Gasteiger partial charge in [-0.2, -0.15) is 0 Å². The number of piperidine rings is 1. The van der Waals surface area contributed by atoms with Gasteiger partial charge in [-0.05, 0) is 31.7 Å². The number of nitrogens with zero attached hydrogens (tertiary/aromatic N) is 1. The molecule has 2 atom stereocenters. The molecule has 0 spiro atoms. The lowest BCUT2D eigenvalue weighted by Crippen LogP contribution is -2.50. The molecule has 0 bridgehead atoms. The minimum absolute atomic E-state index is 0.491. The van der Waals surface area contributed by atoms with Crippen LogP contribution in [0.2, 0.25) is 0 Å². The van der Waals surface area contributed by atoms with Gasteiger partial charge >= 0.3 is 0 Å². The molecule has 0 radical (unpaired) electrons. The van der Waals surface area contributed by atoms with Gasteiger partial charge in [-0.25, -0.2) is 0 Å². The Morgan fingerprint density at radius 3 is 3.00 bits per heavy atom. The molecule has 2 nitrogen and oxygen atoms in total. The zero-order valence-corrected chi connectivity index (χ0v) is 8.46. The second-order valence-corrected chi connectivity index (χ2v) is 5.48. The Morgan fingerprint density at radius 1 is 1.46 bits per heavy atom. The largest absolute Gasteiger partial charge is 0.380 e. The van der Waals surface area contributed by atoms with E-state index in [2.05, 4.69) is 11.8 Å². The van der Waals surface area contributed by atoms with E-state index in [1.807, 2.05) is 0 Å². The lowest BCUT2D eigenvalue weighted by Gasteiger charge is -2.43. The van der Waals surface area contributed by atoms with E-state index >= 15 is 0 Å². The van der Waals surface area contributed by atoms with Crippen molar-refractivity contribution in [3.05, 3.63) is 0 Å². The van der Waals surface area contributed by atoms with Crippen LogP contribution in [0.4, 0.5) is 0 Å². The van der Waals surface area contributed by atoms with Gasteiger partial charge in [0.15, 0.2) is 0 Å². The van der Waals surface area contributed by atoms with Crippen molar-refractivity contribution in [3.8, 4) is 0 Å². The second kappa shape index (κ2) is 2.71. The van der Waals surface area contributed by atoms with Crippen LogP contribution < -0.4 is 0 Å². The third kappa shape index (κ3) is 1.40. The zero-order valence-electron chi connectivity index (χ0n) is 8.46. The Balaban J connectivity index is 1.59. The number of ether oxygens (including phenoxy) is 1. The van der Waals surface area contributed by atoms with Gasteiger partial charge < -0.3 is 4.74 Å². The van der Waals surface area contributed by atoms with Gasteiger partial charge in [0, 0.05) is 18.0 Å². The van der Waals surface area contributed by atoms with Crippen molar-refractivity contribution in [3.63, 3.8) is 0 Å². The molecule has 0 aromatic rings. The Hall–Kier alpha value is -0.0800. The molecule has 2 saturated heterocycles. The first kappa shape index (κ1) is 8.25. The van der Waals surface area contributed by atoms with Crippen LogP contribution in [0.5, 0.6) is 0 Å². The van der Waals surface area contributed by atoms with Crippen molar-refractivity contribution in [2.24, 2.45) is 11.3 Å². The summed E-state index contributed by atoms with van der Waals surface area (Å²) in [6, 6.07) is 0.964. The Kier molecular flexibility index (Phi) is 1.72. The van der Waals surface area contributed by atoms with Crippen LogP contribution >= 0.6 is 0 Å². The van der Waals surface area contributed by atoms with Crippen molar-refractivity contribution in [2.75, 3.05) is 26.3 Å². The van der Waals surface area contributed by atoms with Gasteiger partial charge in [-0.1, -0.05) is 6.92 Å². The van der Waals surface area contributed by atoms with Crippen LogP contribution in [0.3, 0.4) is 0 Å². The summed E-state index contributed by atoms with van der Waals surface area (Å²) in [5.74, 6) is 1.07. The van der Waals surface area contributed by atoms with E-state index in [0.29, 0.717) is 5.41 Å². The summed E-state index contributed by atoms with van der Waals surface area (Å²) in [7, 11) is 0. The maximum absolute atomic E-state index is 5.30. The lowest BCUT2D eigenvalue weighted by atomic mass is 9.87. The molecule has 0 amide bonds. The molecule has 2 unspecified atom stereocenters. The molecule has 13 heavy (non-hydrogen) atoms. The Bertz CT molecular complexity index is 212. The monoisotopic (exact) mass is 181 g/mol. The zero-order chi connectivity index (χ0) is 8.89. The number of fused-ring (bicyclic) bond motifs is 1. The van der Waals surface area contributed by atoms with E-state index in [1.54, 1.807) is 0 Å². The maximum Gasteiger partial charge on any atom is 0.0554 e. The predicted octanol–water partition coefficient (Wildman–Crippen LogP) is 1.51. The molecule has 3 rings (SSSR count). The average Bonchev–Trinajstić information content (AvgIpc) is 2.81. The van der Waals surface area contributed by atoms with Crippen molar-refractivity contribution < 1.29 is 4.74 Å². The summed E-state index contributed by atoms with van der Waals surface area (Å²) in [5, 5.41) is 0. The molecule has 0 N–H and O–H groups in total. The van der Waals surface area contributed by atoms with Gasteiger partial charge in [0.25, 0.3) is 0 Å². The molecule has 2 aliphatic heterocycles. The van der Waals surface area contributed by atoms with Crippen LogP contribution in [0.25, 0.3) is 0 Å². The Labute approximate surface area is 80.2 Å². The standard InChI is InChI=1S/C11H19NO/c1-11(7-13-8-11)6-12-4-2-3-9-5-10(9)12/h9-10H,2-8H2,1H3. The molecule has 1 aliphatic carbocycles. The minimum Gasteiger partial charge on any atom is -0.380 e. The first-order chi connectivity index (χ1) is 6.27. The number of likely N-dealkylation sites (tertiary alicyclic amines) is 1. The van der Waals surface area contributed by atoms with Crippen LogP contribution in [-0.2, 0) is 4.74 Å². The van der Waals surface area contributed by atoms with E-state index in [9.17, 15) is 0 Å². The third-order valence-corrected chi connectivity index (χ3v) is 3.86. The highest BCUT2D eigenvalue weighted by Crippen LogP contribution is 2.44. The van der Waals surface area contributed by atoms with E-state index in [1.165, 1.54) is 32.4 Å². The van der Waals surface area contributed by atoms with Crippen LogP contribution in [0, 0.1) is 11.3 Å². The van der Waals surface area contributed by atoms with Crippen molar-refractivity contribution in [1.29, 1.82) is 0 Å². The molecule has 2 heteroatoms. The topological polar surface area (TPSA) is 12.5 Å². The van der Waals surface area contributed by atoms with E-state index in [-0.39, 0.29) is 0 Å². The van der Waals surface area contributed by atoms with Crippen molar-refractivity contribution in [2.45, 2.75) is 32.2 Å². The first-order valence-electron chi connectivity index (χ1n) is 5.59. The fourth-order valence-corrected chi connectivity index (χ4v) is 2.94. The van der Waals surface area contributed by atoms with Crippen molar-refractivity contribution >= 4 is 0 Å². The van der Waals surface area contributed by atoms with E-state index in [4.69, 9.17) is 4.74 Å². The minimum atomic E-state index is 0.491. The maximum atomic E-state index is 5.30. The molecular formula is C11H19NO. The van der Waals surface area contributed by atoms with Gasteiger partial charge in [0.05, 0.1) is 13.2 Å². The van der Waals surface area contributed by atoms with Gasteiger partial charge in [0.1, 0.15) is 0 Å². The summed E-state index contributed by atoms with van der Waals surface area (Å²) < 4.78 is 5.30. The molecule has 3 aliphatic rings. The highest BCUT2D eigenvalue weighted by atomic mass is 16.5. The molecule has 2 heterocycles. The predicted molar refractivity (Wildman–Crippen MR) is 51.6 cm³/mol. The lowest BCUT2D eigenvalue weighted by molar-refractivity contribution is -0.117. The summed E-state index contributed by atoms with van der Waals surface area (Å²) >= 11 is 0. The average molecular weight is 181 g/mol. The summed E-state index contributed by atoms with van der Waals surface area (Å²) in [6.07, 6.45) is 4.41. The second-order valence-electron chi connectivity index (χ2n) is 5.48. The fourth-order valence-electron chi connectivity index (χ4n) is 2.94. The molecule has 0 aromatic carbocycles. The quantitative estimate of drug-likeness (QED) is 0.640. The highest BCUT2D eigenvalue weighted by molar-refractivity contribution is 5.00. The SMILES string of the molecule is CC1(CN2CCCC3CC32)COC1. The van der Waals surface area contributed by atoms with Gasteiger partial charge in [0.2, 0.25) is 0 Å². The van der Waals surface area contributed by atoms with Gasteiger partial charge in [-0.15, -0.1) is 0 Å². The van der Waals surface area contributed by atoms with Crippen LogP contribution in [0.15, 0.2) is 0 Å². The molecule has 1 saturated carbocycles. The molecule has 0 aromatic heterocycles. The number of rotatable bonds is 2. The summed E-state index contributed by atoms with van der Waals surface area (Å²) in [6.45, 7) is 6.97.